The zero-order valence-electron chi connectivity index (χ0n) is 9.61. The third-order valence-corrected chi connectivity index (χ3v) is 3.35. The highest BCUT2D eigenvalue weighted by Gasteiger charge is 2.05. The van der Waals surface area contributed by atoms with Gasteiger partial charge in [0.2, 0.25) is 0 Å². The van der Waals surface area contributed by atoms with E-state index in [0.29, 0.717) is 0 Å². The minimum absolute atomic E-state index is 0.0870. The fourth-order valence-corrected chi connectivity index (χ4v) is 2.38. The zero-order chi connectivity index (χ0) is 12.8. The molecule has 0 saturated carbocycles. The molecule has 2 aromatic heterocycles. The predicted octanol–water partition coefficient (Wildman–Crippen LogP) is 2.51. The fraction of sp³-hybridized carbons (Fsp3) is 0.154. The van der Waals surface area contributed by atoms with Gasteiger partial charge in [-0.3, -0.25) is 4.98 Å². The first-order chi connectivity index (χ1) is 8.75. The second-order valence-corrected chi connectivity index (χ2v) is 4.80. The van der Waals surface area contributed by atoms with Gasteiger partial charge in [0.1, 0.15) is 5.69 Å². The molecule has 0 unspecified atom stereocenters. The third kappa shape index (κ3) is 3.56. The van der Waals surface area contributed by atoms with Crippen molar-refractivity contribution in [1.29, 1.82) is 0 Å². The summed E-state index contributed by atoms with van der Waals surface area (Å²) in [5.74, 6) is -0.0980. The molecule has 0 saturated heterocycles. The molecule has 2 aromatic rings. The Kier molecular flexibility index (Phi) is 4.30. The number of nitrogens with zero attached hydrogens (tertiary/aromatic N) is 2. The topological polar surface area (TPSA) is 63.1 Å². The maximum atomic E-state index is 10.8. The molecule has 0 aromatic carbocycles. The number of hydrogen-bond donors (Lipinski definition) is 1. The number of carboxylic acids is 1. The molecule has 2 heterocycles. The van der Waals surface area contributed by atoms with Gasteiger partial charge in [-0.15, -0.1) is 11.8 Å². The molecule has 0 atom stereocenters. The average molecular weight is 260 g/mol. The van der Waals surface area contributed by atoms with Crippen LogP contribution in [0.25, 0.3) is 0 Å². The smallest absolute Gasteiger partial charge is 0.354 e. The van der Waals surface area contributed by atoms with Crippen molar-refractivity contribution in [2.24, 2.45) is 0 Å². The number of carbonyl (C=O) groups is 1. The highest BCUT2D eigenvalue weighted by Crippen LogP contribution is 2.19. The van der Waals surface area contributed by atoms with E-state index in [9.17, 15) is 4.79 Å². The van der Waals surface area contributed by atoms with Crippen LogP contribution in [0.2, 0.25) is 0 Å². The minimum atomic E-state index is -0.994. The molecule has 0 aliphatic carbocycles. The Morgan fingerprint density at radius 1 is 1.22 bits per heavy atom. The van der Waals surface area contributed by atoms with E-state index in [0.717, 1.165) is 17.1 Å². The van der Waals surface area contributed by atoms with Crippen molar-refractivity contribution in [3.05, 3.63) is 54.1 Å². The van der Waals surface area contributed by atoms with Crippen molar-refractivity contribution in [2.45, 2.75) is 11.3 Å². The molecular weight excluding hydrogens is 248 g/mol. The number of rotatable bonds is 5. The summed E-state index contributed by atoms with van der Waals surface area (Å²) in [6, 6.07) is 7.38. The fourth-order valence-electron chi connectivity index (χ4n) is 1.45. The van der Waals surface area contributed by atoms with Crippen LogP contribution < -0.4 is 0 Å². The first-order valence-electron chi connectivity index (χ1n) is 5.47. The number of hydrogen-bond acceptors (Lipinski definition) is 4. The lowest BCUT2D eigenvalue weighted by atomic mass is 10.2. The number of aromatic nitrogens is 2. The summed E-state index contributed by atoms with van der Waals surface area (Å²) in [6.07, 6.45) is 6.00. The molecule has 18 heavy (non-hydrogen) atoms. The highest BCUT2D eigenvalue weighted by atomic mass is 32.2. The lowest BCUT2D eigenvalue weighted by molar-refractivity contribution is 0.0690. The van der Waals surface area contributed by atoms with Crippen LogP contribution in [0.15, 0.2) is 47.8 Å². The van der Waals surface area contributed by atoms with Gasteiger partial charge in [0, 0.05) is 29.2 Å². The van der Waals surface area contributed by atoms with Crippen molar-refractivity contribution in [3.63, 3.8) is 0 Å². The van der Waals surface area contributed by atoms with Crippen LogP contribution in [0.3, 0.4) is 0 Å². The Hall–Kier alpha value is -1.88. The van der Waals surface area contributed by atoms with E-state index in [1.807, 2.05) is 18.2 Å². The van der Waals surface area contributed by atoms with E-state index in [1.165, 1.54) is 11.8 Å². The number of aromatic carboxylic acids is 1. The van der Waals surface area contributed by atoms with Crippen LogP contribution in [0.5, 0.6) is 0 Å². The maximum Gasteiger partial charge on any atom is 0.354 e. The van der Waals surface area contributed by atoms with Crippen LogP contribution in [0.1, 0.15) is 16.1 Å². The monoisotopic (exact) mass is 260 g/mol. The second kappa shape index (κ2) is 6.16. The summed E-state index contributed by atoms with van der Waals surface area (Å²) in [5.41, 5.74) is 1.31. The Morgan fingerprint density at radius 2 is 2.00 bits per heavy atom. The second-order valence-electron chi connectivity index (χ2n) is 3.64. The quantitative estimate of drug-likeness (QED) is 0.837. The Bertz CT molecular complexity index is 532. The lowest BCUT2D eigenvalue weighted by Gasteiger charge is -2.02. The molecular formula is C13H12N2O2S. The van der Waals surface area contributed by atoms with Crippen molar-refractivity contribution in [2.75, 3.05) is 5.75 Å². The number of aryl methyl sites for hydroxylation is 1. The van der Waals surface area contributed by atoms with Crippen LogP contribution >= 0.6 is 11.8 Å². The molecule has 4 nitrogen and oxygen atoms in total. The van der Waals surface area contributed by atoms with E-state index in [2.05, 4.69) is 9.97 Å². The summed E-state index contributed by atoms with van der Waals surface area (Å²) in [6.45, 7) is 0. The van der Waals surface area contributed by atoms with Gasteiger partial charge in [0.15, 0.2) is 0 Å². The lowest BCUT2D eigenvalue weighted by Crippen LogP contribution is -1.99. The molecule has 0 aliphatic rings. The maximum absolute atomic E-state index is 10.8. The number of thioether (sulfide) groups is 1. The molecule has 0 radical (unpaired) electrons. The predicted molar refractivity (Wildman–Crippen MR) is 69.9 cm³/mol. The molecule has 1 N–H and O–H groups in total. The van der Waals surface area contributed by atoms with Gasteiger partial charge in [0.25, 0.3) is 0 Å². The van der Waals surface area contributed by atoms with E-state index in [1.54, 1.807) is 30.2 Å². The summed E-state index contributed by atoms with van der Waals surface area (Å²) >= 11 is 1.62. The highest BCUT2D eigenvalue weighted by molar-refractivity contribution is 7.99. The molecule has 0 bridgehead atoms. The van der Waals surface area contributed by atoms with E-state index >= 15 is 0 Å². The van der Waals surface area contributed by atoms with Crippen molar-refractivity contribution in [1.82, 2.24) is 9.97 Å². The van der Waals surface area contributed by atoms with E-state index < -0.39 is 5.97 Å². The molecule has 0 amide bonds. The summed E-state index contributed by atoms with van der Waals surface area (Å²) in [7, 11) is 0. The van der Waals surface area contributed by atoms with Gasteiger partial charge in [-0.05, 0) is 36.2 Å². The van der Waals surface area contributed by atoms with Gasteiger partial charge in [-0.1, -0.05) is 0 Å². The zero-order valence-corrected chi connectivity index (χ0v) is 10.4. The van der Waals surface area contributed by atoms with Gasteiger partial charge < -0.3 is 5.11 Å². The Balaban J connectivity index is 1.90. The Morgan fingerprint density at radius 3 is 2.72 bits per heavy atom. The van der Waals surface area contributed by atoms with Crippen molar-refractivity contribution in [3.8, 4) is 0 Å². The summed E-state index contributed by atoms with van der Waals surface area (Å²) < 4.78 is 0. The number of pyridine rings is 2. The van der Waals surface area contributed by atoms with Crippen molar-refractivity contribution < 1.29 is 9.90 Å². The summed E-state index contributed by atoms with van der Waals surface area (Å²) in [4.78, 5) is 19.4. The third-order valence-electron chi connectivity index (χ3n) is 2.36. The van der Waals surface area contributed by atoms with Crippen LogP contribution in [-0.2, 0) is 6.42 Å². The van der Waals surface area contributed by atoms with Gasteiger partial charge in [-0.25, -0.2) is 9.78 Å². The van der Waals surface area contributed by atoms with Gasteiger partial charge >= 0.3 is 5.97 Å². The summed E-state index contributed by atoms with van der Waals surface area (Å²) in [5, 5.41) is 8.83. The normalized spacial score (nSPS) is 10.2. The van der Waals surface area contributed by atoms with Crippen molar-refractivity contribution >= 4 is 17.7 Å². The number of carboxylic acid groups (broad SMARTS) is 1. The minimum Gasteiger partial charge on any atom is -0.477 e. The molecule has 0 fully saturated rings. The molecule has 0 spiro atoms. The molecule has 0 aliphatic heterocycles. The first kappa shape index (κ1) is 12.6. The standard InChI is InChI=1S/C13H12N2O2S/c16-13(17)12-9-11(3-7-15-12)18-8-4-10-1-5-14-6-2-10/h1-3,5-7,9H,4,8H2,(H,16,17). The van der Waals surface area contributed by atoms with Gasteiger partial charge in [0.05, 0.1) is 0 Å². The van der Waals surface area contributed by atoms with E-state index in [-0.39, 0.29) is 5.69 Å². The average Bonchev–Trinajstić information content (AvgIpc) is 2.40. The molecule has 2 rings (SSSR count). The van der Waals surface area contributed by atoms with E-state index in [4.69, 9.17) is 5.11 Å². The van der Waals surface area contributed by atoms with Gasteiger partial charge in [-0.2, -0.15) is 0 Å². The molecule has 92 valence electrons. The largest absolute Gasteiger partial charge is 0.477 e. The van der Waals surface area contributed by atoms with Crippen LogP contribution in [0.4, 0.5) is 0 Å². The molecule has 5 heteroatoms. The SMILES string of the molecule is O=C(O)c1cc(SCCc2ccncc2)ccn1. The van der Waals surface area contributed by atoms with Crippen LogP contribution in [-0.4, -0.2) is 26.8 Å². The Labute approximate surface area is 109 Å². The first-order valence-corrected chi connectivity index (χ1v) is 6.45. The van der Waals surface area contributed by atoms with Crippen LogP contribution in [0, 0.1) is 0 Å².